The third kappa shape index (κ3) is 77.2. The second-order valence-electron chi connectivity index (χ2n) is 31.9. The second kappa shape index (κ2) is 76.1. The number of hydrogen-bond donors (Lipinski definition) is 3. The van der Waals surface area contributed by atoms with Crippen molar-refractivity contribution in [2.24, 2.45) is 17.8 Å². The van der Waals surface area contributed by atoms with Crippen LogP contribution in [0.3, 0.4) is 0 Å². The Bertz CT molecular complexity index is 2030. The van der Waals surface area contributed by atoms with E-state index in [1.54, 1.807) is 0 Å². The zero-order chi connectivity index (χ0) is 77.2. The van der Waals surface area contributed by atoms with Crippen LogP contribution in [0.15, 0.2) is 0 Å². The zero-order valence-electron chi connectivity index (χ0n) is 69.2. The van der Waals surface area contributed by atoms with E-state index in [1.165, 1.54) is 263 Å². The van der Waals surface area contributed by atoms with Gasteiger partial charge in [-0.05, 0) is 43.4 Å². The summed E-state index contributed by atoms with van der Waals surface area (Å²) >= 11 is 0. The lowest BCUT2D eigenvalue weighted by atomic mass is 9.99. The van der Waals surface area contributed by atoms with Gasteiger partial charge in [-0.25, -0.2) is 9.13 Å². The number of carbonyl (C=O) groups is 4. The lowest BCUT2D eigenvalue weighted by Gasteiger charge is -2.21. The lowest BCUT2D eigenvalue weighted by Crippen LogP contribution is -2.30. The molecule has 0 fully saturated rings. The van der Waals surface area contributed by atoms with Gasteiger partial charge >= 0.3 is 39.5 Å². The van der Waals surface area contributed by atoms with Gasteiger partial charge in [0.05, 0.1) is 26.4 Å². The minimum Gasteiger partial charge on any atom is -0.462 e. The molecule has 19 heteroatoms. The monoisotopic (exact) mass is 1540 g/mol. The quantitative estimate of drug-likeness (QED) is 0.0222. The van der Waals surface area contributed by atoms with Gasteiger partial charge in [-0.3, -0.25) is 37.3 Å². The maximum Gasteiger partial charge on any atom is 0.472 e. The molecule has 4 unspecified atom stereocenters. The van der Waals surface area contributed by atoms with Crippen LogP contribution in [0.25, 0.3) is 0 Å². The van der Waals surface area contributed by atoms with Crippen LogP contribution in [0.5, 0.6) is 0 Å². The molecule has 0 bridgehead atoms. The Hall–Kier alpha value is -1.94. The first-order valence-corrected chi connectivity index (χ1v) is 47.4. The first-order valence-electron chi connectivity index (χ1n) is 44.4. The summed E-state index contributed by atoms with van der Waals surface area (Å²) in [5, 5.41) is 10.7. The number of esters is 4. The van der Waals surface area contributed by atoms with E-state index in [9.17, 15) is 43.2 Å². The highest BCUT2D eigenvalue weighted by Crippen LogP contribution is 2.45. The Balaban J connectivity index is 5.24. The van der Waals surface area contributed by atoms with Gasteiger partial charge in [-0.15, -0.1) is 0 Å². The molecule has 0 aliphatic heterocycles. The zero-order valence-corrected chi connectivity index (χ0v) is 71.0. The fraction of sp³-hybridized carbons (Fsp3) is 0.953. The van der Waals surface area contributed by atoms with Crippen molar-refractivity contribution >= 4 is 39.5 Å². The molecule has 17 nitrogen and oxygen atoms in total. The minimum atomic E-state index is -4.97. The Morgan fingerprint density at radius 1 is 0.276 bits per heavy atom. The largest absolute Gasteiger partial charge is 0.472 e. The summed E-state index contributed by atoms with van der Waals surface area (Å²) in [4.78, 5) is 73.2. The summed E-state index contributed by atoms with van der Waals surface area (Å²) in [6.07, 6.45) is 66.4. The molecule has 0 rings (SSSR count). The molecule has 0 aromatic heterocycles. The van der Waals surface area contributed by atoms with Gasteiger partial charge < -0.3 is 33.8 Å². The highest BCUT2D eigenvalue weighted by molar-refractivity contribution is 7.47. The van der Waals surface area contributed by atoms with Crippen molar-refractivity contribution in [3.8, 4) is 0 Å². The van der Waals surface area contributed by atoms with Crippen LogP contribution in [0, 0.1) is 17.8 Å². The van der Waals surface area contributed by atoms with E-state index in [2.05, 4.69) is 48.5 Å². The average molecular weight is 1540 g/mol. The highest BCUT2D eigenvalue weighted by Gasteiger charge is 2.30. The van der Waals surface area contributed by atoms with E-state index in [0.29, 0.717) is 25.7 Å². The molecule has 7 atom stereocenters. The fourth-order valence-electron chi connectivity index (χ4n) is 13.3. The number of ether oxygens (including phenoxy) is 4. The SMILES string of the molecule is CCCCCCCCCCCCC(=O)OC[C@H](COP(=O)(O)OC[C@H](O)COP(=O)(O)OC[C@@H](COC(=O)CCCCCCCCCCCCCCCCC(C)CC)OC(=O)CCCCCCCCCCCCCCCCCCC(C)C)OC(=O)CCCCCCCCCCCCCCCCC(C)CC. The van der Waals surface area contributed by atoms with Gasteiger partial charge in [0.2, 0.25) is 0 Å². The van der Waals surface area contributed by atoms with Crippen molar-refractivity contribution < 1.29 is 80.2 Å². The highest BCUT2D eigenvalue weighted by atomic mass is 31.2. The second-order valence-corrected chi connectivity index (χ2v) is 34.8. The Kier molecular flexibility index (Phi) is 74.7. The molecule has 0 aromatic rings. The van der Waals surface area contributed by atoms with Gasteiger partial charge in [0.1, 0.15) is 19.3 Å². The Morgan fingerprint density at radius 3 is 0.724 bits per heavy atom. The molecule has 105 heavy (non-hydrogen) atoms. The Morgan fingerprint density at radius 2 is 0.486 bits per heavy atom. The number of phosphoric acid groups is 2. The predicted octanol–water partition coefficient (Wildman–Crippen LogP) is 26.1. The molecule has 0 heterocycles. The fourth-order valence-corrected chi connectivity index (χ4v) is 14.9. The first kappa shape index (κ1) is 103. The normalized spacial score (nSPS) is 14.4. The lowest BCUT2D eigenvalue weighted by molar-refractivity contribution is -0.161. The molecule has 0 saturated heterocycles. The van der Waals surface area contributed by atoms with Crippen LogP contribution in [-0.2, 0) is 65.4 Å². The van der Waals surface area contributed by atoms with E-state index < -0.39 is 97.5 Å². The van der Waals surface area contributed by atoms with Crippen molar-refractivity contribution in [3.05, 3.63) is 0 Å². The van der Waals surface area contributed by atoms with Crippen LogP contribution < -0.4 is 0 Å². The van der Waals surface area contributed by atoms with Crippen LogP contribution in [-0.4, -0.2) is 96.7 Å². The molecule has 0 amide bonds. The van der Waals surface area contributed by atoms with E-state index in [0.717, 1.165) is 108 Å². The van der Waals surface area contributed by atoms with Crippen LogP contribution in [0.1, 0.15) is 453 Å². The van der Waals surface area contributed by atoms with Crippen LogP contribution >= 0.6 is 15.6 Å². The van der Waals surface area contributed by atoms with Gasteiger partial charge in [0, 0.05) is 25.7 Å². The molecular formula is C86H168O17P2. The van der Waals surface area contributed by atoms with E-state index >= 15 is 0 Å². The molecule has 0 spiro atoms. The van der Waals surface area contributed by atoms with Crippen LogP contribution in [0.2, 0.25) is 0 Å². The minimum absolute atomic E-state index is 0.108. The van der Waals surface area contributed by atoms with Crippen molar-refractivity contribution in [1.82, 2.24) is 0 Å². The molecule has 0 radical (unpaired) electrons. The third-order valence-corrected chi connectivity index (χ3v) is 22.8. The van der Waals surface area contributed by atoms with E-state index in [4.69, 9.17) is 37.0 Å². The van der Waals surface area contributed by atoms with Gasteiger partial charge in [-0.2, -0.15) is 0 Å². The number of rotatable bonds is 84. The van der Waals surface area contributed by atoms with Gasteiger partial charge in [0.25, 0.3) is 0 Å². The first-order chi connectivity index (χ1) is 50.8. The summed E-state index contributed by atoms with van der Waals surface area (Å²) in [7, 11) is -9.93. The molecule has 0 aliphatic rings. The molecule has 0 aromatic carbocycles. The van der Waals surface area contributed by atoms with E-state index in [1.807, 2.05) is 0 Å². The maximum atomic E-state index is 13.1. The standard InChI is InChI=1S/C86H168O17P2/c1-8-11-12-13-14-15-39-46-53-60-67-83(88)96-73-81(102-86(91)70-63-56-49-42-35-29-23-21-26-32-38-45-52-59-66-79(7)10-3)75-100-104(92,93)98-71-80(87)72-99-105(94,95)101-76-82(74-97-84(89)68-61-54-47-40-33-27-22-20-25-31-37-44-51-58-65-78(6)9-2)103-85(90)69-62-55-48-41-34-28-19-17-16-18-24-30-36-43-50-57-64-77(4)5/h77-82,87H,8-76H2,1-7H3,(H,92,93)(H,94,95)/t78?,79?,80-,81+,82+/m0/s1. The molecule has 624 valence electrons. The Labute approximate surface area is 645 Å². The number of unbranched alkanes of at least 4 members (excludes halogenated alkanes) is 50. The number of hydrogen-bond acceptors (Lipinski definition) is 15. The van der Waals surface area contributed by atoms with Gasteiger partial charge in [-0.1, -0.05) is 402 Å². The van der Waals surface area contributed by atoms with Crippen molar-refractivity contribution in [3.63, 3.8) is 0 Å². The van der Waals surface area contributed by atoms with Crippen molar-refractivity contribution in [2.45, 2.75) is 471 Å². The molecule has 0 saturated carbocycles. The summed E-state index contributed by atoms with van der Waals surface area (Å²) in [6, 6.07) is 0. The number of phosphoric ester groups is 2. The summed E-state index contributed by atoms with van der Waals surface area (Å²) in [5.41, 5.74) is 0. The number of aliphatic hydroxyl groups excluding tert-OH is 1. The van der Waals surface area contributed by atoms with Crippen molar-refractivity contribution in [1.29, 1.82) is 0 Å². The average Bonchev–Trinajstić information content (AvgIpc) is 0.952. The predicted molar refractivity (Wildman–Crippen MR) is 432 cm³/mol. The summed E-state index contributed by atoms with van der Waals surface area (Å²) in [6.45, 7) is 12.1. The van der Waals surface area contributed by atoms with Crippen LogP contribution in [0.4, 0.5) is 0 Å². The smallest absolute Gasteiger partial charge is 0.462 e. The van der Waals surface area contributed by atoms with E-state index in [-0.39, 0.29) is 25.7 Å². The molecular weight excluding hydrogens is 1370 g/mol. The van der Waals surface area contributed by atoms with Gasteiger partial charge in [0.15, 0.2) is 12.2 Å². The van der Waals surface area contributed by atoms with Crippen molar-refractivity contribution in [2.75, 3.05) is 39.6 Å². The third-order valence-electron chi connectivity index (χ3n) is 20.9. The number of carbonyl (C=O) groups excluding carboxylic acids is 4. The maximum absolute atomic E-state index is 13.1. The topological polar surface area (TPSA) is 237 Å². The molecule has 0 aliphatic carbocycles. The summed E-state index contributed by atoms with van der Waals surface area (Å²) < 4.78 is 68.9. The summed E-state index contributed by atoms with van der Waals surface area (Å²) in [5.74, 6) is 0.402. The number of aliphatic hydroxyl groups is 1. The molecule has 3 N–H and O–H groups in total.